The number of benzene rings is 2. The van der Waals surface area contributed by atoms with Crippen LogP contribution in [0.15, 0.2) is 42.5 Å². The maximum absolute atomic E-state index is 10.8. The normalized spacial score (nSPS) is 10.3. The summed E-state index contributed by atoms with van der Waals surface area (Å²) in [6.45, 7) is 2.14. The van der Waals surface area contributed by atoms with Gasteiger partial charge in [-0.05, 0) is 52.8 Å². The fourth-order valence-corrected chi connectivity index (χ4v) is 2.73. The van der Waals surface area contributed by atoms with Crippen molar-refractivity contribution in [2.45, 2.75) is 19.8 Å². The third kappa shape index (κ3) is 3.47. The molecular weight excluding hydrogens is 367 g/mol. The van der Waals surface area contributed by atoms with Gasteiger partial charge in [-0.3, -0.25) is 10.1 Å². The number of halogens is 1. The molecule has 20 heavy (non-hydrogen) atoms. The molecule has 5 heteroatoms. The van der Waals surface area contributed by atoms with Crippen LogP contribution in [0.1, 0.15) is 18.9 Å². The van der Waals surface area contributed by atoms with Crippen LogP contribution in [-0.4, -0.2) is 4.92 Å². The van der Waals surface area contributed by atoms with Gasteiger partial charge in [-0.15, -0.1) is 0 Å². The quantitative estimate of drug-likeness (QED) is 0.455. The van der Waals surface area contributed by atoms with Crippen LogP contribution in [0.25, 0.3) is 0 Å². The SMILES string of the molecule is CCCc1ccccc1Nc1ccc([N+](=O)[O-])c(I)c1. The lowest BCUT2D eigenvalue weighted by Crippen LogP contribution is -1.97. The first-order valence-electron chi connectivity index (χ1n) is 6.40. The second kappa shape index (κ2) is 6.69. The van der Waals surface area contributed by atoms with Crippen molar-refractivity contribution in [3.05, 3.63) is 61.7 Å². The fraction of sp³-hybridized carbons (Fsp3) is 0.200. The molecule has 0 saturated heterocycles. The molecule has 2 aromatic rings. The van der Waals surface area contributed by atoms with E-state index in [1.807, 2.05) is 40.8 Å². The van der Waals surface area contributed by atoms with Gasteiger partial charge in [0.25, 0.3) is 5.69 Å². The number of hydrogen-bond donors (Lipinski definition) is 1. The van der Waals surface area contributed by atoms with E-state index < -0.39 is 0 Å². The van der Waals surface area contributed by atoms with E-state index in [0.29, 0.717) is 3.57 Å². The Bertz CT molecular complexity index is 629. The summed E-state index contributed by atoms with van der Waals surface area (Å²) in [5.74, 6) is 0. The third-order valence-electron chi connectivity index (χ3n) is 2.96. The van der Waals surface area contributed by atoms with E-state index in [2.05, 4.69) is 18.3 Å². The predicted molar refractivity (Wildman–Crippen MR) is 89.5 cm³/mol. The number of anilines is 2. The van der Waals surface area contributed by atoms with Gasteiger partial charge in [0.05, 0.1) is 8.49 Å². The van der Waals surface area contributed by atoms with Gasteiger partial charge in [0.1, 0.15) is 0 Å². The second-order valence-electron chi connectivity index (χ2n) is 4.46. The van der Waals surface area contributed by atoms with Crippen molar-refractivity contribution in [2.24, 2.45) is 0 Å². The van der Waals surface area contributed by atoms with Gasteiger partial charge in [-0.1, -0.05) is 31.5 Å². The molecule has 1 N–H and O–H groups in total. The minimum Gasteiger partial charge on any atom is -0.355 e. The zero-order valence-electron chi connectivity index (χ0n) is 11.1. The summed E-state index contributed by atoms with van der Waals surface area (Å²) in [5.41, 5.74) is 3.31. The third-order valence-corrected chi connectivity index (χ3v) is 3.82. The molecule has 0 fully saturated rings. The molecule has 2 aromatic carbocycles. The van der Waals surface area contributed by atoms with Gasteiger partial charge >= 0.3 is 0 Å². The summed E-state index contributed by atoms with van der Waals surface area (Å²) in [6, 6.07) is 13.2. The molecule has 104 valence electrons. The average molecular weight is 382 g/mol. The molecule has 0 spiro atoms. The van der Waals surface area contributed by atoms with Crippen LogP contribution < -0.4 is 5.32 Å². The van der Waals surface area contributed by atoms with Crippen LogP contribution in [0.5, 0.6) is 0 Å². The second-order valence-corrected chi connectivity index (χ2v) is 5.62. The Hall–Kier alpha value is -1.63. The van der Waals surface area contributed by atoms with Crippen LogP contribution >= 0.6 is 22.6 Å². The number of rotatable bonds is 5. The lowest BCUT2D eigenvalue weighted by molar-refractivity contribution is -0.385. The predicted octanol–water partition coefficient (Wildman–Crippen LogP) is 4.90. The number of nitro groups is 1. The standard InChI is InChI=1S/C15H15IN2O2/c1-2-5-11-6-3-4-7-14(11)17-12-8-9-15(18(19)20)13(16)10-12/h3-4,6-10,17H,2,5H2,1H3. The number of para-hydroxylation sites is 1. The fourth-order valence-electron chi connectivity index (χ4n) is 2.02. The van der Waals surface area contributed by atoms with E-state index in [-0.39, 0.29) is 10.6 Å². The first kappa shape index (κ1) is 14.8. The number of aryl methyl sites for hydroxylation is 1. The van der Waals surface area contributed by atoms with Gasteiger partial charge in [-0.2, -0.15) is 0 Å². The summed E-state index contributed by atoms with van der Waals surface area (Å²) in [7, 11) is 0. The first-order valence-corrected chi connectivity index (χ1v) is 7.48. The topological polar surface area (TPSA) is 55.2 Å². The van der Waals surface area contributed by atoms with Crippen molar-refractivity contribution in [1.82, 2.24) is 0 Å². The minimum atomic E-state index is -0.365. The largest absolute Gasteiger partial charge is 0.355 e. The van der Waals surface area contributed by atoms with E-state index in [4.69, 9.17) is 0 Å². The Kier molecular flexibility index (Phi) is 4.94. The highest BCUT2D eigenvalue weighted by Gasteiger charge is 2.12. The van der Waals surface area contributed by atoms with E-state index in [0.717, 1.165) is 24.2 Å². The molecule has 0 unspecified atom stereocenters. The highest BCUT2D eigenvalue weighted by molar-refractivity contribution is 14.1. The lowest BCUT2D eigenvalue weighted by atomic mass is 10.1. The van der Waals surface area contributed by atoms with Crippen molar-refractivity contribution in [2.75, 3.05) is 5.32 Å². The first-order chi connectivity index (χ1) is 9.61. The maximum atomic E-state index is 10.8. The van der Waals surface area contributed by atoms with Crippen molar-refractivity contribution in [3.63, 3.8) is 0 Å². The van der Waals surface area contributed by atoms with Crippen LogP contribution in [0, 0.1) is 13.7 Å². The summed E-state index contributed by atoms with van der Waals surface area (Å²) in [5, 5.41) is 14.1. The summed E-state index contributed by atoms with van der Waals surface area (Å²) in [6.07, 6.45) is 2.09. The highest BCUT2D eigenvalue weighted by atomic mass is 127. The summed E-state index contributed by atoms with van der Waals surface area (Å²) >= 11 is 1.99. The van der Waals surface area contributed by atoms with Crippen molar-refractivity contribution >= 4 is 39.7 Å². The maximum Gasteiger partial charge on any atom is 0.282 e. The minimum absolute atomic E-state index is 0.137. The molecule has 0 aliphatic rings. The number of nitrogens with zero attached hydrogens (tertiary/aromatic N) is 1. The number of nitro benzene ring substituents is 1. The molecule has 0 aliphatic carbocycles. The highest BCUT2D eigenvalue weighted by Crippen LogP contribution is 2.27. The van der Waals surface area contributed by atoms with Gasteiger partial charge < -0.3 is 5.32 Å². The van der Waals surface area contributed by atoms with Gasteiger partial charge in [0.15, 0.2) is 0 Å². The molecule has 0 saturated carbocycles. The van der Waals surface area contributed by atoms with Crippen LogP contribution in [0.2, 0.25) is 0 Å². The average Bonchev–Trinajstić information content (AvgIpc) is 2.41. The van der Waals surface area contributed by atoms with Gasteiger partial charge in [-0.25, -0.2) is 0 Å². The molecular formula is C15H15IN2O2. The monoisotopic (exact) mass is 382 g/mol. The molecule has 0 amide bonds. The van der Waals surface area contributed by atoms with E-state index in [9.17, 15) is 10.1 Å². The lowest BCUT2D eigenvalue weighted by Gasteiger charge is -2.11. The van der Waals surface area contributed by atoms with Gasteiger partial charge in [0, 0.05) is 17.4 Å². The molecule has 4 nitrogen and oxygen atoms in total. The zero-order valence-corrected chi connectivity index (χ0v) is 13.3. The summed E-state index contributed by atoms with van der Waals surface area (Å²) < 4.78 is 0.630. The molecule has 0 bridgehead atoms. The molecule has 0 heterocycles. The molecule has 0 radical (unpaired) electrons. The zero-order chi connectivity index (χ0) is 14.5. The molecule has 2 rings (SSSR count). The number of nitrogens with one attached hydrogen (secondary N) is 1. The van der Waals surface area contributed by atoms with Crippen molar-refractivity contribution < 1.29 is 4.92 Å². The van der Waals surface area contributed by atoms with E-state index in [1.165, 1.54) is 11.6 Å². The Morgan fingerprint density at radius 2 is 2.00 bits per heavy atom. The van der Waals surface area contributed by atoms with Crippen LogP contribution in [0.4, 0.5) is 17.1 Å². The Morgan fingerprint density at radius 1 is 1.25 bits per heavy atom. The molecule has 0 aliphatic heterocycles. The van der Waals surface area contributed by atoms with Crippen LogP contribution in [0.3, 0.4) is 0 Å². The Balaban J connectivity index is 2.26. The van der Waals surface area contributed by atoms with Crippen molar-refractivity contribution in [3.8, 4) is 0 Å². The molecule has 0 atom stereocenters. The van der Waals surface area contributed by atoms with Crippen molar-refractivity contribution in [1.29, 1.82) is 0 Å². The number of hydrogen-bond acceptors (Lipinski definition) is 3. The Morgan fingerprint density at radius 3 is 2.65 bits per heavy atom. The smallest absolute Gasteiger partial charge is 0.282 e. The summed E-state index contributed by atoms with van der Waals surface area (Å²) in [4.78, 5) is 10.4. The van der Waals surface area contributed by atoms with E-state index in [1.54, 1.807) is 12.1 Å². The Labute approximate surface area is 131 Å². The van der Waals surface area contributed by atoms with E-state index >= 15 is 0 Å². The van der Waals surface area contributed by atoms with Gasteiger partial charge in [0.2, 0.25) is 0 Å². The molecule has 0 aromatic heterocycles. The van der Waals surface area contributed by atoms with Crippen LogP contribution in [-0.2, 0) is 6.42 Å².